The van der Waals surface area contributed by atoms with Gasteiger partial charge in [-0.3, -0.25) is 4.79 Å². The van der Waals surface area contributed by atoms with E-state index >= 15 is 0 Å². The van der Waals surface area contributed by atoms with Crippen LogP contribution in [-0.4, -0.2) is 19.7 Å². The fourth-order valence-corrected chi connectivity index (χ4v) is 2.16. The van der Waals surface area contributed by atoms with Crippen molar-refractivity contribution in [3.8, 4) is 23.0 Å². The first-order valence-electron chi connectivity index (χ1n) is 7.27. The number of ether oxygens (including phenoxy) is 3. The first-order chi connectivity index (χ1) is 12.1. The molecule has 0 aliphatic carbocycles. The Morgan fingerprint density at radius 2 is 1.76 bits per heavy atom. The van der Waals surface area contributed by atoms with Crippen LogP contribution in [0.4, 0.5) is 0 Å². The third-order valence-corrected chi connectivity index (χ3v) is 3.36. The van der Waals surface area contributed by atoms with Gasteiger partial charge in [0.15, 0.2) is 0 Å². The van der Waals surface area contributed by atoms with E-state index in [-0.39, 0.29) is 27.9 Å². The van der Waals surface area contributed by atoms with Crippen molar-refractivity contribution in [1.29, 1.82) is 0 Å². The lowest BCUT2D eigenvalue weighted by Crippen LogP contribution is -2.28. The summed E-state index contributed by atoms with van der Waals surface area (Å²) in [4.78, 5) is 22.9. The number of carboxylic acids is 1. The summed E-state index contributed by atoms with van der Waals surface area (Å²) in [5, 5.41) is 10.7. The van der Waals surface area contributed by atoms with Gasteiger partial charge in [0, 0.05) is 6.07 Å². The number of aliphatic carboxylic acids is 1. The zero-order valence-corrected chi connectivity index (χ0v) is 13.2. The molecule has 25 heavy (non-hydrogen) atoms. The highest BCUT2D eigenvalue weighted by Gasteiger charge is 2.10. The summed E-state index contributed by atoms with van der Waals surface area (Å²) in [5.41, 5.74) is -0.105. The van der Waals surface area contributed by atoms with Crippen molar-refractivity contribution >= 4 is 16.9 Å². The number of fused-ring (bicyclic) bond motifs is 1. The van der Waals surface area contributed by atoms with Crippen molar-refractivity contribution < 1.29 is 28.5 Å². The van der Waals surface area contributed by atoms with E-state index in [2.05, 4.69) is 0 Å². The Bertz CT molecular complexity index is 957. The molecule has 128 valence electrons. The molecule has 0 aliphatic heterocycles. The van der Waals surface area contributed by atoms with Gasteiger partial charge in [0.05, 0.1) is 18.5 Å². The van der Waals surface area contributed by atoms with Crippen LogP contribution < -0.4 is 24.7 Å². The smallest absolute Gasteiger partial charge is 0.235 e. The van der Waals surface area contributed by atoms with Crippen molar-refractivity contribution in [2.75, 3.05) is 13.7 Å². The van der Waals surface area contributed by atoms with Gasteiger partial charge in [0.2, 0.25) is 11.2 Å². The summed E-state index contributed by atoms with van der Waals surface area (Å²) in [6, 6.07) is 11.1. The number of carbonyl (C=O) groups excluding carboxylic acids is 1. The lowest BCUT2D eigenvalue weighted by Gasteiger charge is -2.08. The number of carbonyl (C=O) groups is 1. The number of carboxylic acid groups (broad SMARTS) is 1. The molecule has 0 saturated carbocycles. The Labute approximate surface area is 142 Å². The highest BCUT2D eigenvalue weighted by molar-refractivity contribution is 5.79. The summed E-state index contributed by atoms with van der Waals surface area (Å²) in [5.74, 6) is 0.0675. The van der Waals surface area contributed by atoms with E-state index in [9.17, 15) is 14.7 Å². The molecule has 0 radical (unpaired) electrons. The quantitative estimate of drug-likeness (QED) is 0.673. The summed E-state index contributed by atoms with van der Waals surface area (Å²) in [6.07, 6.45) is 1.19. The summed E-state index contributed by atoms with van der Waals surface area (Å²) in [7, 11) is 1.55. The molecule has 1 heterocycles. The molecule has 7 nitrogen and oxygen atoms in total. The molecule has 3 aromatic rings. The van der Waals surface area contributed by atoms with Crippen molar-refractivity contribution in [3.05, 3.63) is 59.0 Å². The van der Waals surface area contributed by atoms with E-state index in [0.717, 1.165) is 0 Å². The maximum atomic E-state index is 12.5. The minimum Gasteiger partial charge on any atom is -0.546 e. The fourth-order valence-electron chi connectivity index (χ4n) is 2.16. The molecule has 0 N–H and O–H groups in total. The first-order valence-corrected chi connectivity index (χ1v) is 7.27. The normalized spacial score (nSPS) is 10.4. The van der Waals surface area contributed by atoms with Gasteiger partial charge in [-0.25, -0.2) is 0 Å². The highest BCUT2D eigenvalue weighted by Crippen LogP contribution is 2.25. The number of hydrogen-bond acceptors (Lipinski definition) is 7. The van der Waals surface area contributed by atoms with Crippen LogP contribution in [0, 0.1) is 0 Å². The van der Waals surface area contributed by atoms with E-state index < -0.39 is 12.6 Å². The van der Waals surface area contributed by atoms with E-state index in [1.54, 1.807) is 31.4 Å². The molecule has 7 heteroatoms. The van der Waals surface area contributed by atoms with E-state index in [1.165, 1.54) is 24.5 Å². The van der Waals surface area contributed by atoms with Crippen molar-refractivity contribution in [2.45, 2.75) is 0 Å². The topological polar surface area (TPSA) is 98.0 Å². The Balaban J connectivity index is 1.87. The average Bonchev–Trinajstić information content (AvgIpc) is 2.63. The van der Waals surface area contributed by atoms with Gasteiger partial charge >= 0.3 is 0 Å². The minimum atomic E-state index is -1.34. The van der Waals surface area contributed by atoms with E-state index in [1.807, 2.05) is 0 Å². The standard InChI is InChI=1S/C18H14O7/c1-22-11-2-4-12(5-3-11)25-16-9-24-15-8-13(23-10-17(19)20)6-7-14(15)18(16)21/h2-9H,10H2,1H3,(H,19,20)/p-1. The van der Waals surface area contributed by atoms with Crippen LogP contribution >= 0.6 is 0 Å². The number of benzene rings is 2. The van der Waals surface area contributed by atoms with Crippen LogP contribution in [0.3, 0.4) is 0 Å². The Morgan fingerprint density at radius 3 is 2.44 bits per heavy atom. The SMILES string of the molecule is COc1ccc(Oc2coc3cc(OCC(=O)[O-])ccc3c2=O)cc1. The molecule has 0 atom stereocenters. The largest absolute Gasteiger partial charge is 0.546 e. The third-order valence-electron chi connectivity index (χ3n) is 3.36. The van der Waals surface area contributed by atoms with Gasteiger partial charge < -0.3 is 28.5 Å². The molecule has 0 unspecified atom stereocenters. The molecule has 0 bridgehead atoms. The van der Waals surface area contributed by atoms with Crippen molar-refractivity contribution in [1.82, 2.24) is 0 Å². The predicted molar refractivity (Wildman–Crippen MR) is 86.1 cm³/mol. The Hall–Kier alpha value is -3.48. The van der Waals surface area contributed by atoms with E-state index in [4.69, 9.17) is 18.6 Å². The molecule has 1 aromatic heterocycles. The Morgan fingerprint density at radius 1 is 1.08 bits per heavy atom. The lowest BCUT2D eigenvalue weighted by atomic mass is 10.2. The zero-order chi connectivity index (χ0) is 17.8. The minimum absolute atomic E-state index is 0.0288. The maximum absolute atomic E-state index is 12.5. The second kappa shape index (κ2) is 6.96. The predicted octanol–water partition coefficient (Wildman–Crippen LogP) is 1.72. The summed E-state index contributed by atoms with van der Waals surface area (Å²) in [6.45, 7) is -0.589. The molecule has 0 fully saturated rings. The second-order valence-corrected chi connectivity index (χ2v) is 5.03. The molecule has 0 aliphatic rings. The fraction of sp³-hybridized carbons (Fsp3) is 0.111. The molecule has 0 spiro atoms. The second-order valence-electron chi connectivity index (χ2n) is 5.03. The molecular weight excluding hydrogens is 328 g/mol. The molecule has 3 rings (SSSR count). The molecular formula is C18H13O7-. The van der Waals surface area contributed by atoms with Crippen LogP contribution in [0.25, 0.3) is 11.0 Å². The van der Waals surface area contributed by atoms with Crippen LogP contribution in [0.2, 0.25) is 0 Å². The van der Waals surface area contributed by atoms with Crippen molar-refractivity contribution in [3.63, 3.8) is 0 Å². The highest BCUT2D eigenvalue weighted by atomic mass is 16.5. The first kappa shape index (κ1) is 16.4. The Kier molecular flexibility index (Phi) is 4.56. The molecule has 0 amide bonds. The van der Waals surface area contributed by atoms with Crippen LogP contribution in [-0.2, 0) is 4.79 Å². The number of methoxy groups -OCH3 is 1. The lowest BCUT2D eigenvalue weighted by molar-refractivity contribution is -0.307. The van der Waals surface area contributed by atoms with Crippen LogP contribution in [0.15, 0.2) is 57.9 Å². The number of hydrogen-bond donors (Lipinski definition) is 0. The van der Waals surface area contributed by atoms with Gasteiger partial charge in [-0.15, -0.1) is 0 Å². The van der Waals surface area contributed by atoms with Gasteiger partial charge in [-0.05, 0) is 36.4 Å². The van der Waals surface area contributed by atoms with Crippen molar-refractivity contribution in [2.24, 2.45) is 0 Å². The van der Waals surface area contributed by atoms with Gasteiger partial charge in [0.25, 0.3) is 0 Å². The van der Waals surface area contributed by atoms with Gasteiger partial charge in [-0.1, -0.05) is 0 Å². The monoisotopic (exact) mass is 341 g/mol. The van der Waals surface area contributed by atoms with Gasteiger partial charge in [0.1, 0.15) is 35.7 Å². The van der Waals surface area contributed by atoms with Crippen LogP contribution in [0.5, 0.6) is 23.0 Å². The number of rotatable bonds is 6. The average molecular weight is 341 g/mol. The third kappa shape index (κ3) is 3.72. The summed E-state index contributed by atoms with van der Waals surface area (Å²) < 4.78 is 21.0. The van der Waals surface area contributed by atoms with E-state index in [0.29, 0.717) is 11.5 Å². The maximum Gasteiger partial charge on any atom is 0.235 e. The van der Waals surface area contributed by atoms with Crippen LogP contribution in [0.1, 0.15) is 0 Å². The van der Waals surface area contributed by atoms with Gasteiger partial charge in [-0.2, -0.15) is 0 Å². The summed E-state index contributed by atoms with van der Waals surface area (Å²) >= 11 is 0. The molecule has 2 aromatic carbocycles. The molecule has 0 saturated heterocycles. The zero-order valence-electron chi connectivity index (χ0n) is 13.2.